The normalized spacial score (nSPS) is 12.8. The number of benzene rings is 1. The number of furan rings is 1. The number of halogens is 1. The first-order valence-electron chi connectivity index (χ1n) is 5.58. The Labute approximate surface area is 106 Å². The van der Waals surface area contributed by atoms with E-state index in [0.717, 1.165) is 33.2 Å². The first-order valence-corrected chi connectivity index (χ1v) is 5.96. The summed E-state index contributed by atoms with van der Waals surface area (Å²) in [6.45, 7) is 5.95. The maximum Gasteiger partial charge on any atom is 0.106 e. The third-order valence-corrected chi connectivity index (χ3v) is 3.41. The molecular formula is C14H16ClNO. The predicted molar refractivity (Wildman–Crippen MR) is 70.4 cm³/mol. The van der Waals surface area contributed by atoms with Crippen molar-refractivity contribution < 1.29 is 4.42 Å². The molecule has 0 aliphatic carbocycles. The Morgan fingerprint density at radius 1 is 1.06 bits per heavy atom. The molecule has 0 bridgehead atoms. The van der Waals surface area contributed by atoms with E-state index < -0.39 is 0 Å². The number of aryl methyl sites for hydroxylation is 2. The van der Waals surface area contributed by atoms with Gasteiger partial charge in [0.05, 0.1) is 6.04 Å². The van der Waals surface area contributed by atoms with Crippen molar-refractivity contribution >= 4 is 11.6 Å². The fourth-order valence-corrected chi connectivity index (χ4v) is 2.23. The molecular weight excluding hydrogens is 234 g/mol. The van der Waals surface area contributed by atoms with Crippen LogP contribution in [0.2, 0.25) is 5.02 Å². The number of nitrogens with two attached hydrogens (primary N) is 1. The zero-order valence-corrected chi connectivity index (χ0v) is 11.0. The lowest BCUT2D eigenvalue weighted by Gasteiger charge is -2.12. The predicted octanol–water partition coefficient (Wildman–Crippen LogP) is 3.91. The average molecular weight is 250 g/mol. The molecule has 1 heterocycles. The summed E-state index contributed by atoms with van der Waals surface area (Å²) in [7, 11) is 0. The lowest BCUT2D eigenvalue weighted by atomic mass is 9.96. The summed E-state index contributed by atoms with van der Waals surface area (Å²) in [4.78, 5) is 0. The minimum atomic E-state index is -0.162. The molecule has 90 valence electrons. The highest BCUT2D eigenvalue weighted by Gasteiger charge is 2.19. The van der Waals surface area contributed by atoms with Gasteiger partial charge in [-0.2, -0.15) is 0 Å². The van der Waals surface area contributed by atoms with Crippen LogP contribution in [-0.4, -0.2) is 0 Å². The summed E-state index contributed by atoms with van der Waals surface area (Å²) in [6, 6.07) is 7.45. The summed E-state index contributed by atoms with van der Waals surface area (Å²) >= 11 is 5.87. The van der Waals surface area contributed by atoms with Crippen LogP contribution in [0.25, 0.3) is 0 Å². The van der Waals surface area contributed by atoms with E-state index in [1.54, 1.807) is 0 Å². The van der Waals surface area contributed by atoms with Gasteiger partial charge in [0.25, 0.3) is 0 Å². The molecule has 3 heteroatoms. The average Bonchev–Trinajstić information content (AvgIpc) is 2.53. The minimum Gasteiger partial charge on any atom is -0.466 e. The van der Waals surface area contributed by atoms with Gasteiger partial charge in [-0.1, -0.05) is 23.7 Å². The molecule has 0 aliphatic heterocycles. The molecule has 17 heavy (non-hydrogen) atoms. The van der Waals surface area contributed by atoms with Gasteiger partial charge in [0.2, 0.25) is 0 Å². The summed E-state index contributed by atoms with van der Waals surface area (Å²) in [5.41, 5.74) is 9.52. The van der Waals surface area contributed by atoms with Crippen molar-refractivity contribution in [2.24, 2.45) is 5.73 Å². The molecule has 0 fully saturated rings. The molecule has 0 amide bonds. The highest BCUT2D eigenvalue weighted by Crippen LogP contribution is 2.30. The van der Waals surface area contributed by atoms with Crippen LogP contribution >= 0.6 is 11.6 Å². The van der Waals surface area contributed by atoms with Gasteiger partial charge in [-0.15, -0.1) is 0 Å². The van der Waals surface area contributed by atoms with E-state index in [9.17, 15) is 0 Å². The van der Waals surface area contributed by atoms with E-state index >= 15 is 0 Å². The van der Waals surface area contributed by atoms with E-state index in [-0.39, 0.29) is 6.04 Å². The van der Waals surface area contributed by atoms with E-state index in [2.05, 4.69) is 0 Å². The molecule has 0 saturated carbocycles. The highest BCUT2D eigenvalue weighted by atomic mass is 35.5. The Balaban J connectivity index is 2.43. The number of hydrogen-bond donors (Lipinski definition) is 1. The van der Waals surface area contributed by atoms with Gasteiger partial charge < -0.3 is 10.2 Å². The summed E-state index contributed by atoms with van der Waals surface area (Å²) in [5.74, 6) is 1.82. The fraction of sp³-hybridized carbons (Fsp3) is 0.286. The molecule has 2 rings (SSSR count). The smallest absolute Gasteiger partial charge is 0.106 e. The first-order chi connectivity index (χ1) is 8.00. The second-order valence-corrected chi connectivity index (χ2v) is 4.72. The van der Waals surface area contributed by atoms with Crippen molar-refractivity contribution in [1.82, 2.24) is 0 Å². The van der Waals surface area contributed by atoms with Gasteiger partial charge in [0.1, 0.15) is 11.5 Å². The van der Waals surface area contributed by atoms with Crippen LogP contribution in [0, 0.1) is 20.8 Å². The van der Waals surface area contributed by atoms with E-state index in [1.807, 2.05) is 45.0 Å². The Kier molecular flexibility index (Phi) is 3.27. The van der Waals surface area contributed by atoms with Gasteiger partial charge in [-0.05, 0) is 44.0 Å². The lowest BCUT2D eigenvalue weighted by molar-refractivity contribution is 0.498. The maximum atomic E-state index is 6.28. The zero-order chi connectivity index (χ0) is 12.6. The molecule has 0 saturated heterocycles. The monoisotopic (exact) mass is 249 g/mol. The standard InChI is InChI=1S/C14H16ClNO/c1-8-9(2)17-10(3)13(8)14(16)11-4-6-12(15)7-5-11/h4-7,14H,16H2,1-3H3. The zero-order valence-electron chi connectivity index (χ0n) is 10.3. The second kappa shape index (κ2) is 4.55. The van der Waals surface area contributed by atoms with Gasteiger partial charge in [0.15, 0.2) is 0 Å². The topological polar surface area (TPSA) is 39.2 Å². The van der Waals surface area contributed by atoms with Crippen LogP contribution in [0.5, 0.6) is 0 Å². The van der Waals surface area contributed by atoms with Crippen molar-refractivity contribution in [1.29, 1.82) is 0 Å². The van der Waals surface area contributed by atoms with Crippen molar-refractivity contribution in [2.75, 3.05) is 0 Å². The van der Waals surface area contributed by atoms with E-state index in [1.165, 1.54) is 0 Å². The molecule has 0 spiro atoms. The summed E-state index contributed by atoms with van der Waals surface area (Å²) < 4.78 is 5.61. The van der Waals surface area contributed by atoms with Crippen LogP contribution in [0.15, 0.2) is 28.7 Å². The van der Waals surface area contributed by atoms with Crippen LogP contribution in [0.1, 0.15) is 34.3 Å². The third-order valence-electron chi connectivity index (χ3n) is 3.16. The van der Waals surface area contributed by atoms with Gasteiger partial charge >= 0.3 is 0 Å². The quantitative estimate of drug-likeness (QED) is 0.877. The Bertz CT molecular complexity index is 528. The third kappa shape index (κ3) is 2.24. The molecule has 1 aromatic heterocycles. The molecule has 0 radical (unpaired) electrons. The van der Waals surface area contributed by atoms with Crippen molar-refractivity contribution in [2.45, 2.75) is 26.8 Å². The van der Waals surface area contributed by atoms with E-state index in [0.29, 0.717) is 0 Å². The number of rotatable bonds is 2. The van der Waals surface area contributed by atoms with Gasteiger partial charge in [-0.25, -0.2) is 0 Å². The molecule has 1 aromatic carbocycles. The molecule has 0 aliphatic rings. The van der Waals surface area contributed by atoms with Crippen LogP contribution < -0.4 is 5.73 Å². The molecule has 1 unspecified atom stereocenters. The SMILES string of the molecule is Cc1oc(C)c(C(N)c2ccc(Cl)cc2)c1C. The van der Waals surface area contributed by atoms with E-state index in [4.69, 9.17) is 21.8 Å². The Morgan fingerprint density at radius 2 is 1.65 bits per heavy atom. The maximum absolute atomic E-state index is 6.28. The highest BCUT2D eigenvalue weighted by molar-refractivity contribution is 6.30. The van der Waals surface area contributed by atoms with Gasteiger partial charge in [0, 0.05) is 10.6 Å². The van der Waals surface area contributed by atoms with Crippen molar-refractivity contribution in [3.63, 3.8) is 0 Å². The van der Waals surface area contributed by atoms with Crippen molar-refractivity contribution in [3.8, 4) is 0 Å². The molecule has 2 nitrogen and oxygen atoms in total. The minimum absolute atomic E-state index is 0.162. The summed E-state index contributed by atoms with van der Waals surface area (Å²) in [5, 5.41) is 0.720. The summed E-state index contributed by atoms with van der Waals surface area (Å²) in [6.07, 6.45) is 0. The lowest BCUT2D eigenvalue weighted by Crippen LogP contribution is -2.13. The fourth-order valence-electron chi connectivity index (χ4n) is 2.10. The first kappa shape index (κ1) is 12.2. The Hall–Kier alpha value is -1.25. The van der Waals surface area contributed by atoms with Crippen molar-refractivity contribution in [3.05, 3.63) is 57.5 Å². The van der Waals surface area contributed by atoms with Crippen LogP contribution in [0.3, 0.4) is 0 Å². The molecule has 2 aromatic rings. The molecule has 2 N–H and O–H groups in total. The Morgan fingerprint density at radius 3 is 2.12 bits per heavy atom. The van der Waals surface area contributed by atoms with Gasteiger partial charge in [-0.3, -0.25) is 0 Å². The molecule has 1 atom stereocenters. The number of hydrogen-bond acceptors (Lipinski definition) is 2. The van der Waals surface area contributed by atoms with Crippen LogP contribution in [0.4, 0.5) is 0 Å². The second-order valence-electron chi connectivity index (χ2n) is 4.28. The largest absolute Gasteiger partial charge is 0.466 e. The van der Waals surface area contributed by atoms with Crippen LogP contribution in [-0.2, 0) is 0 Å².